The van der Waals surface area contributed by atoms with Crippen LogP contribution in [0.1, 0.15) is 18.1 Å². The van der Waals surface area contributed by atoms with Crippen molar-refractivity contribution in [1.29, 1.82) is 0 Å². The molecule has 3 rings (SSSR count). The summed E-state index contributed by atoms with van der Waals surface area (Å²) in [6, 6.07) is 13.3. The zero-order valence-corrected chi connectivity index (χ0v) is 15.7. The molecule has 1 aliphatic heterocycles. The minimum absolute atomic E-state index is 0. The number of rotatable bonds is 6. The monoisotopic (exact) mass is 374 g/mol. The third kappa shape index (κ3) is 4.56. The number of carbonyl (C=O) groups is 1. The van der Waals surface area contributed by atoms with E-state index >= 15 is 0 Å². The van der Waals surface area contributed by atoms with E-state index in [-0.39, 0.29) is 24.9 Å². The van der Waals surface area contributed by atoms with Crippen LogP contribution in [0.5, 0.6) is 11.5 Å². The molecular weight excluding hydrogens is 352 g/mol. The average molecular weight is 375 g/mol. The summed E-state index contributed by atoms with van der Waals surface area (Å²) in [5.74, 6) is 1.33. The predicted molar refractivity (Wildman–Crippen MR) is 106 cm³/mol. The number of hydrogen-bond acceptors (Lipinski definition) is 4. The van der Waals surface area contributed by atoms with Gasteiger partial charge in [-0.3, -0.25) is 4.79 Å². The number of anilines is 1. The normalized spacial score (nSPS) is 12.2. The molecule has 6 heteroatoms. The third-order valence-electron chi connectivity index (χ3n) is 4.05. The van der Waals surface area contributed by atoms with Crippen molar-refractivity contribution in [1.82, 2.24) is 5.32 Å². The number of hydrogen-bond donors (Lipinski definition) is 2. The Kier molecular flexibility index (Phi) is 7.06. The summed E-state index contributed by atoms with van der Waals surface area (Å²) in [5, 5.41) is 6.27. The van der Waals surface area contributed by atoms with Gasteiger partial charge in [0.2, 0.25) is 0 Å². The lowest BCUT2D eigenvalue weighted by atomic mass is 10.1. The second-order valence-corrected chi connectivity index (χ2v) is 5.75. The van der Waals surface area contributed by atoms with Crippen molar-refractivity contribution in [2.75, 3.05) is 25.6 Å². The number of nitrogens with one attached hydrogen (secondary N) is 2. The number of carbonyl (C=O) groups excluding carboxylic acids is 1. The zero-order chi connectivity index (χ0) is 17.6. The van der Waals surface area contributed by atoms with E-state index < -0.39 is 0 Å². The molecule has 2 aromatic rings. The molecule has 26 heavy (non-hydrogen) atoms. The topological polar surface area (TPSA) is 59.6 Å². The minimum Gasteiger partial charge on any atom is -0.497 e. The average Bonchev–Trinajstić information content (AvgIpc) is 2.66. The summed E-state index contributed by atoms with van der Waals surface area (Å²) in [6.07, 6.45) is 1.85. The van der Waals surface area contributed by atoms with E-state index in [1.807, 2.05) is 48.5 Å². The van der Waals surface area contributed by atoms with E-state index in [0.717, 1.165) is 34.9 Å². The Balaban J connectivity index is 0.00000243. The van der Waals surface area contributed by atoms with Crippen LogP contribution >= 0.6 is 12.4 Å². The second-order valence-electron chi connectivity index (χ2n) is 5.75. The van der Waals surface area contributed by atoms with Gasteiger partial charge in [0.1, 0.15) is 18.1 Å². The maximum atomic E-state index is 12.6. The van der Waals surface area contributed by atoms with Crippen LogP contribution in [-0.4, -0.2) is 26.2 Å². The van der Waals surface area contributed by atoms with Gasteiger partial charge in [-0.15, -0.1) is 12.4 Å². The molecule has 0 radical (unpaired) electrons. The summed E-state index contributed by atoms with van der Waals surface area (Å²) in [7, 11) is 1.62. The number of benzene rings is 2. The van der Waals surface area contributed by atoms with Gasteiger partial charge < -0.3 is 20.1 Å². The first kappa shape index (κ1) is 19.8. The van der Waals surface area contributed by atoms with Crippen molar-refractivity contribution in [3.8, 4) is 11.5 Å². The van der Waals surface area contributed by atoms with Gasteiger partial charge in [-0.2, -0.15) is 0 Å². The van der Waals surface area contributed by atoms with Crippen LogP contribution in [0.4, 0.5) is 5.69 Å². The molecule has 0 saturated carbocycles. The highest BCUT2D eigenvalue weighted by Gasteiger charge is 2.18. The molecule has 1 aliphatic rings. The summed E-state index contributed by atoms with van der Waals surface area (Å²) in [6.45, 7) is 3.89. The van der Waals surface area contributed by atoms with Crippen LogP contribution in [0.15, 0.2) is 48.0 Å². The predicted octanol–water partition coefficient (Wildman–Crippen LogP) is 3.64. The van der Waals surface area contributed by atoms with Crippen LogP contribution in [0, 0.1) is 0 Å². The molecule has 0 aliphatic carbocycles. The fourth-order valence-corrected chi connectivity index (χ4v) is 2.67. The first-order valence-electron chi connectivity index (χ1n) is 8.32. The SMILES string of the molecule is CCNCc1ccccc1NC(=O)C1=Cc2cc(OC)ccc2OC1.Cl. The highest BCUT2D eigenvalue weighted by atomic mass is 35.5. The molecule has 0 unspecified atom stereocenters. The second kappa shape index (κ2) is 9.27. The van der Waals surface area contributed by atoms with Crippen LogP contribution in [-0.2, 0) is 11.3 Å². The van der Waals surface area contributed by atoms with E-state index in [0.29, 0.717) is 12.1 Å². The number of fused-ring (bicyclic) bond motifs is 1. The number of para-hydroxylation sites is 1. The number of halogens is 1. The summed E-state index contributed by atoms with van der Waals surface area (Å²) >= 11 is 0. The molecule has 1 amide bonds. The lowest BCUT2D eigenvalue weighted by Crippen LogP contribution is -2.22. The number of amides is 1. The Labute approximate surface area is 159 Å². The Morgan fingerprint density at radius 3 is 2.81 bits per heavy atom. The van der Waals surface area contributed by atoms with Crippen LogP contribution in [0.2, 0.25) is 0 Å². The van der Waals surface area contributed by atoms with Crippen LogP contribution < -0.4 is 20.1 Å². The van der Waals surface area contributed by atoms with Gasteiger partial charge in [0.15, 0.2) is 0 Å². The van der Waals surface area contributed by atoms with Gasteiger partial charge in [-0.25, -0.2) is 0 Å². The fraction of sp³-hybridized carbons (Fsp3) is 0.250. The molecule has 0 atom stereocenters. The number of ether oxygens (including phenoxy) is 2. The van der Waals surface area contributed by atoms with Gasteiger partial charge in [0, 0.05) is 17.8 Å². The van der Waals surface area contributed by atoms with Crippen LogP contribution in [0.25, 0.3) is 6.08 Å². The van der Waals surface area contributed by atoms with Gasteiger partial charge >= 0.3 is 0 Å². The molecule has 138 valence electrons. The molecule has 5 nitrogen and oxygen atoms in total. The van der Waals surface area contributed by atoms with Crippen molar-refractivity contribution < 1.29 is 14.3 Å². The van der Waals surface area contributed by atoms with E-state index in [4.69, 9.17) is 9.47 Å². The molecule has 0 aromatic heterocycles. The van der Waals surface area contributed by atoms with E-state index in [1.54, 1.807) is 7.11 Å². The molecule has 2 aromatic carbocycles. The van der Waals surface area contributed by atoms with Gasteiger partial charge in [0.05, 0.1) is 12.7 Å². The lowest BCUT2D eigenvalue weighted by Gasteiger charge is -2.19. The Bertz CT molecular complexity index is 805. The fourth-order valence-electron chi connectivity index (χ4n) is 2.67. The largest absolute Gasteiger partial charge is 0.497 e. The molecule has 1 heterocycles. The summed E-state index contributed by atoms with van der Waals surface area (Å²) in [4.78, 5) is 12.6. The highest BCUT2D eigenvalue weighted by molar-refractivity contribution is 6.07. The van der Waals surface area contributed by atoms with Crippen LogP contribution in [0.3, 0.4) is 0 Å². The minimum atomic E-state index is -0.155. The third-order valence-corrected chi connectivity index (χ3v) is 4.05. The Hall–Kier alpha value is -2.50. The highest BCUT2D eigenvalue weighted by Crippen LogP contribution is 2.30. The van der Waals surface area contributed by atoms with Crippen molar-refractivity contribution in [2.45, 2.75) is 13.5 Å². The van der Waals surface area contributed by atoms with Gasteiger partial charge in [0.25, 0.3) is 5.91 Å². The molecular formula is C20H23ClN2O3. The molecule has 0 saturated heterocycles. The standard InChI is InChI=1S/C20H22N2O3.ClH/c1-3-21-12-14-6-4-5-7-18(14)22-20(23)16-10-15-11-17(24-2)8-9-19(15)25-13-16;/h4-11,21H,3,12-13H2,1-2H3,(H,22,23);1H. The van der Waals surface area contributed by atoms with E-state index in [1.165, 1.54) is 0 Å². The summed E-state index contributed by atoms with van der Waals surface area (Å²) < 4.78 is 10.9. The van der Waals surface area contributed by atoms with Gasteiger partial charge in [-0.1, -0.05) is 25.1 Å². The van der Waals surface area contributed by atoms with Gasteiger partial charge in [-0.05, 0) is 42.4 Å². The van der Waals surface area contributed by atoms with Crippen molar-refractivity contribution in [2.24, 2.45) is 0 Å². The quantitative estimate of drug-likeness (QED) is 0.810. The van der Waals surface area contributed by atoms with E-state index in [2.05, 4.69) is 17.6 Å². The maximum absolute atomic E-state index is 12.6. The molecule has 2 N–H and O–H groups in total. The zero-order valence-electron chi connectivity index (χ0n) is 14.9. The Morgan fingerprint density at radius 2 is 2.04 bits per heavy atom. The maximum Gasteiger partial charge on any atom is 0.255 e. The first-order valence-corrected chi connectivity index (χ1v) is 8.32. The lowest BCUT2D eigenvalue weighted by molar-refractivity contribution is -0.113. The van der Waals surface area contributed by atoms with Crippen molar-refractivity contribution in [3.05, 3.63) is 59.2 Å². The summed E-state index contributed by atoms with van der Waals surface area (Å²) in [5.41, 5.74) is 3.29. The molecule has 0 bridgehead atoms. The molecule has 0 fully saturated rings. The smallest absolute Gasteiger partial charge is 0.255 e. The van der Waals surface area contributed by atoms with Crippen molar-refractivity contribution in [3.63, 3.8) is 0 Å². The van der Waals surface area contributed by atoms with Crippen molar-refractivity contribution >= 4 is 30.1 Å². The van der Waals surface area contributed by atoms with E-state index in [9.17, 15) is 4.79 Å². The molecule has 0 spiro atoms. The number of methoxy groups -OCH3 is 1. The Morgan fingerprint density at radius 1 is 1.23 bits per heavy atom. The first-order chi connectivity index (χ1) is 12.2.